The van der Waals surface area contributed by atoms with Gasteiger partial charge < -0.3 is 10.4 Å². The summed E-state index contributed by atoms with van der Waals surface area (Å²) in [6, 6.07) is 2.56. The van der Waals surface area contributed by atoms with E-state index in [0.717, 1.165) is 25.1 Å². The molecule has 0 amide bonds. The number of aromatic hydroxyl groups is 1. The zero-order valence-corrected chi connectivity index (χ0v) is 14.5. The van der Waals surface area contributed by atoms with Crippen molar-refractivity contribution in [1.29, 1.82) is 0 Å². The van der Waals surface area contributed by atoms with Crippen LogP contribution in [-0.2, 0) is 12.7 Å². The first-order chi connectivity index (χ1) is 12.1. The highest BCUT2D eigenvalue weighted by Crippen LogP contribution is 2.35. The van der Waals surface area contributed by atoms with Gasteiger partial charge in [-0.1, -0.05) is 0 Å². The molecule has 2 heterocycles. The fraction of sp³-hybridized carbons (Fsp3) is 0.444. The van der Waals surface area contributed by atoms with Crippen molar-refractivity contribution in [3.63, 3.8) is 0 Å². The van der Waals surface area contributed by atoms with E-state index in [2.05, 4.69) is 24.1 Å². The summed E-state index contributed by atoms with van der Waals surface area (Å²) in [6.07, 6.45) is -0.987. The third kappa shape index (κ3) is 3.75. The van der Waals surface area contributed by atoms with Gasteiger partial charge in [-0.15, -0.1) is 0 Å². The van der Waals surface area contributed by atoms with E-state index in [-0.39, 0.29) is 28.1 Å². The Balaban J connectivity index is 1.92. The highest BCUT2D eigenvalue weighted by molar-refractivity contribution is 5.69. The standard InChI is InChI=1S/C18H20F3N3O2/c1-17(2)6-11(7-23-17)9-24-10-22-8-14(16(24)26)13-4-3-12(5-15(13)25)18(19,20)21/h3-5,8,10-11,23,25H,6-7,9H2,1-2H3. The van der Waals surface area contributed by atoms with Gasteiger partial charge in [0.1, 0.15) is 5.75 Å². The lowest BCUT2D eigenvalue weighted by Gasteiger charge is -2.17. The van der Waals surface area contributed by atoms with Crippen molar-refractivity contribution in [2.75, 3.05) is 6.54 Å². The molecule has 140 valence electrons. The third-order valence-electron chi connectivity index (χ3n) is 4.64. The lowest BCUT2D eigenvalue weighted by Crippen LogP contribution is -2.31. The molecule has 1 aromatic heterocycles. The lowest BCUT2D eigenvalue weighted by atomic mass is 9.97. The number of hydrogen-bond donors (Lipinski definition) is 2. The Kier molecular flexibility index (Phi) is 4.56. The van der Waals surface area contributed by atoms with E-state index in [9.17, 15) is 23.1 Å². The predicted octanol–water partition coefficient (Wildman–Crippen LogP) is 3.02. The van der Waals surface area contributed by atoms with Gasteiger partial charge in [0, 0.05) is 30.4 Å². The monoisotopic (exact) mass is 367 g/mol. The molecular weight excluding hydrogens is 347 g/mol. The molecule has 1 aliphatic rings. The first kappa shape index (κ1) is 18.4. The van der Waals surface area contributed by atoms with E-state index < -0.39 is 17.5 Å². The Morgan fingerprint density at radius 1 is 1.35 bits per heavy atom. The molecule has 3 rings (SSSR count). The quantitative estimate of drug-likeness (QED) is 0.875. The number of aromatic nitrogens is 2. The number of halogens is 3. The topological polar surface area (TPSA) is 67.1 Å². The number of hydrogen-bond acceptors (Lipinski definition) is 4. The van der Waals surface area contributed by atoms with Crippen molar-refractivity contribution in [2.45, 2.75) is 38.5 Å². The number of rotatable bonds is 3. The summed E-state index contributed by atoms with van der Waals surface area (Å²) < 4.78 is 39.7. The molecule has 26 heavy (non-hydrogen) atoms. The minimum Gasteiger partial charge on any atom is -0.507 e. The van der Waals surface area contributed by atoms with Crippen LogP contribution in [0.3, 0.4) is 0 Å². The summed E-state index contributed by atoms with van der Waals surface area (Å²) in [7, 11) is 0. The Morgan fingerprint density at radius 3 is 2.65 bits per heavy atom. The first-order valence-electron chi connectivity index (χ1n) is 8.27. The molecule has 2 N–H and O–H groups in total. The Morgan fingerprint density at radius 2 is 2.08 bits per heavy atom. The molecule has 0 aliphatic carbocycles. The van der Waals surface area contributed by atoms with Gasteiger partial charge in [-0.05, 0) is 44.4 Å². The van der Waals surface area contributed by atoms with Crippen molar-refractivity contribution in [3.05, 3.63) is 46.6 Å². The Hall–Kier alpha value is -2.35. The maximum atomic E-state index is 12.7. The van der Waals surface area contributed by atoms with Crippen LogP contribution < -0.4 is 10.9 Å². The van der Waals surface area contributed by atoms with Crippen LogP contribution in [0.5, 0.6) is 5.75 Å². The van der Waals surface area contributed by atoms with Crippen LogP contribution in [-0.4, -0.2) is 26.7 Å². The van der Waals surface area contributed by atoms with Gasteiger partial charge in [-0.25, -0.2) is 4.98 Å². The molecule has 1 aromatic carbocycles. The van der Waals surface area contributed by atoms with E-state index in [0.29, 0.717) is 12.6 Å². The fourth-order valence-corrected chi connectivity index (χ4v) is 3.40. The van der Waals surface area contributed by atoms with Crippen LogP contribution in [0, 0.1) is 5.92 Å². The van der Waals surface area contributed by atoms with Gasteiger partial charge >= 0.3 is 6.18 Å². The van der Waals surface area contributed by atoms with E-state index >= 15 is 0 Å². The van der Waals surface area contributed by atoms with Crippen molar-refractivity contribution in [3.8, 4) is 16.9 Å². The van der Waals surface area contributed by atoms with Crippen LogP contribution in [0.15, 0.2) is 35.5 Å². The van der Waals surface area contributed by atoms with Crippen molar-refractivity contribution < 1.29 is 18.3 Å². The van der Waals surface area contributed by atoms with Gasteiger partial charge in [-0.2, -0.15) is 13.2 Å². The number of nitrogens with one attached hydrogen (secondary N) is 1. The van der Waals surface area contributed by atoms with Crippen LogP contribution >= 0.6 is 0 Å². The number of alkyl halides is 3. The molecule has 0 saturated carbocycles. The fourth-order valence-electron chi connectivity index (χ4n) is 3.40. The maximum Gasteiger partial charge on any atom is 0.416 e. The predicted molar refractivity (Wildman–Crippen MR) is 90.8 cm³/mol. The van der Waals surface area contributed by atoms with Crippen molar-refractivity contribution >= 4 is 0 Å². The molecule has 0 spiro atoms. The van der Waals surface area contributed by atoms with Gasteiger partial charge in [0.15, 0.2) is 0 Å². The molecule has 1 unspecified atom stereocenters. The molecule has 0 radical (unpaired) electrons. The highest BCUT2D eigenvalue weighted by atomic mass is 19.4. The van der Waals surface area contributed by atoms with E-state index in [1.54, 1.807) is 0 Å². The zero-order chi connectivity index (χ0) is 19.1. The molecule has 1 atom stereocenters. The second-order valence-corrected chi connectivity index (χ2v) is 7.33. The van der Waals surface area contributed by atoms with Crippen molar-refractivity contribution in [1.82, 2.24) is 14.9 Å². The first-order valence-corrected chi connectivity index (χ1v) is 8.27. The normalized spacial score (nSPS) is 19.7. The average molecular weight is 367 g/mol. The molecule has 5 nitrogen and oxygen atoms in total. The lowest BCUT2D eigenvalue weighted by molar-refractivity contribution is -0.137. The minimum absolute atomic E-state index is 0.00497. The van der Waals surface area contributed by atoms with E-state index in [1.807, 2.05) is 0 Å². The second-order valence-electron chi connectivity index (χ2n) is 7.33. The maximum absolute atomic E-state index is 12.7. The largest absolute Gasteiger partial charge is 0.507 e. The Labute approximate surface area is 148 Å². The van der Waals surface area contributed by atoms with Gasteiger partial charge in [0.05, 0.1) is 17.5 Å². The van der Waals surface area contributed by atoms with Crippen molar-refractivity contribution in [2.24, 2.45) is 5.92 Å². The van der Waals surface area contributed by atoms with Crippen LogP contribution in [0.1, 0.15) is 25.8 Å². The minimum atomic E-state index is -4.56. The number of phenolic OH excluding ortho intramolecular Hbond substituents is 1. The van der Waals surface area contributed by atoms with Crippen LogP contribution in [0.2, 0.25) is 0 Å². The summed E-state index contributed by atoms with van der Waals surface area (Å²) in [5.41, 5.74) is -1.24. The van der Waals surface area contributed by atoms with E-state index in [4.69, 9.17) is 0 Å². The Bertz CT molecular complexity index is 875. The molecule has 1 fully saturated rings. The molecule has 1 saturated heterocycles. The molecule has 8 heteroatoms. The number of nitrogens with zero attached hydrogens (tertiary/aromatic N) is 2. The van der Waals surface area contributed by atoms with Crippen LogP contribution in [0.25, 0.3) is 11.1 Å². The van der Waals surface area contributed by atoms with Gasteiger partial charge in [0.25, 0.3) is 5.56 Å². The third-order valence-corrected chi connectivity index (χ3v) is 4.64. The zero-order valence-electron chi connectivity index (χ0n) is 14.5. The smallest absolute Gasteiger partial charge is 0.416 e. The second kappa shape index (κ2) is 6.42. The summed E-state index contributed by atoms with van der Waals surface area (Å²) in [5.74, 6) is -0.346. The summed E-state index contributed by atoms with van der Waals surface area (Å²) in [6.45, 7) is 5.40. The van der Waals surface area contributed by atoms with Crippen LogP contribution in [0.4, 0.5) is 13.2 Å². The van der Waals surface area contributed by atoms with E-state index in [1.165, 1.54) is 17.1 Å². The number of phenols is 1. The summed E-state index contributed by atoms with van der Waals surface area (Å²) >= 11 is 0. The molecular formula is C18H20F3N3O2. The molecule has 2 aromatic rings. The summed E-state index contributed by atoms with van der Waals surface area (Å²) in [5, 5.41) is 13.4. The molecule has 0 bridgehead atoms. The van der Waals surface area contributed by atoms with Gasteiger partial charge in [0.2, 0.25) is 0 Å². The van der Waals surface area contributed by atoms with Gasteiger partial charge in [-0.3, -0.25) is 9.36 Å². The SMILES string of the molecule is CC1(C)CC(Cn2cncc(-c3ccc(C(F)(F)F)cc3O)c2=O)CN1. The number of benzene rings is 1. The average Bonchev–Trinajstić information content (AvgIpc) is 2.88. The molecule has 1 aliphatic heterocycles. The highest BCUT2D eigenvalue weighted by Gasteiger charge is 2.32. The summed E-state index contributed by atoms with van der Waals surface area (Å²) in [4.78, 5) is 16.7.